The van der Waals surface area contributed by atoms with Crippen molar-refractivity contribution >= 4 is 52.8 Å². The lowest BCUT2D eigenvalue weighted by Gasteiger charge is -2.25. The van der Waals surface area contributed by atoms with Crippen molar-refractivity contribution in [3.63, 3.8) is 0 Å². The van der Waals surface area contributed by atoms with Gasteiger partial charge in [-0.3, -0.25) is 9.88 Å². The van der Waals surface area contributed by atoms with E-state index in [0.29, 0.717) is 23.5 Å². The first-order valence-electron chi connectivity index (χ1n) is 14.7. The third-order valence-corrected chi connectivity index (χ3v) is 8.83. The highest BCUT2D eigenvalue weighted by atomic mass is 32.2. The molecule has 3 aliphatic heterocycles. The number of nitrogens with two attached hydrogens (primary N) is 1. The number of amides is 1. The van der Waals surface area contributed by atoms with E-state index < -0.39 is 6.09 Å². The molecule has 0 bridgehead atoms. The highest BCUT2D eigenvalue weighted by Crippen LogP contribution is 2.38. The lowest BCUT2D eigenvalue weighted by atomic mass is 10.1. The van der Waals surface area contributed by atoms with Crippen molar-refractivity contribution in [1.29, 1.82) is 0 Å². The smallest absolute Gasteiger partial charge is 0.435 e. The Balaban J connectivity index is 1.30. The van der Waals surface area contributed by atoms with Gasteiger partial charge >= 0.3 is 6.09 Å². The van der Waals surface area contributed by atoms with Crippen LogP contribution in [0, 0.1) is 0 Å². The first-order chi connectivity index (χ1) is 20.6. The van der Waals surface area contributed by atoms with Crippen molar-refractivity contribution < 1.29 is 9.53 Å². The Morgan fingerprint density at radius 2 is 2.05 bits per heavy atom. The third-order valence-electron chi connectivity index (χ3n) is 7.78. The molecule has 0 radical (unpaired) electrons. The molecule has 1 fully saturated rings. The Labute approximate surface area is 250 Å². The second-order valence-corrected chi connectivity index (χ2v) is 11.7. The molecule has 12 heteroatoms. The van der Waals surface area contributed by atoms with E-state index >= 15 is 0 Å². The summed E-state index contributed by atoms with van der Waals surface area (Å²) in [6.45, 7) is 6.93. The number of aryl methyl sites for hydroxylation is 2. The fraction of sp³-hybridized carbons (Fsp3) is 0.433. The van der Waals surface area contributed by atoms with E-state index in [1.165, 1.54) is 24.2 Å². The van der Waals surface area contributed by atoms with Gasteiger partial charge in [0.05, 0.1) is 28.7 Å². The molecular weight excluding hydrogens is 550 g/mol. The number of hydrogen-bond donors (Lipinski definition) is 3. The van der Waals surface area contributed by atoms with Crippen LogP contribution in [0.15, 0.2) is 45.5 Å². The molecule has 6 rings (SSSR count). The first-order valence-corrected chi connectivity index (χ1v) is 15.7. The van der Waals surface area contributed by atoms with Crippen molar-refractivity contribution in [1.82, 2.24) is 19.7 Å². The van der Waals surface area contributed by atoms with Crippen molar-refractivity contribution in [3.05, 3.63) is 41.7 Å². The van der Waals surface area contributed by atoms with Crippen LogP contribution < -0.4 is 16.4 Å². The molecule has 3 aliphatic rings. The van der Waals surface area contributed by atoms with Gasteiger partial charge in [-0.05, 0) is 56.1 Å². The Hall–Kier alpha value is -3.90. The van der Waals surface area contributed by atoms with Crippen molar-refractivity contribution in [2.45, 2.75) is 50.5 Å². The summed E-state index contributed by atoms with van der Waals surface area (Å²) in [5.41, 5.74) is 12.4. The monoisotopic (exact) mass is 587 g/mol. The molecule has 11 nitrogen and oxygen atoms in total. The number of carbonyl (C=O) groups excluding carboxylic acids is 1. The zero-order valence-electron chi connectivity index (χ0n) is 23.9. The molecule has 4 N–H and O–H groups in total. The number of rotatable bonds is 8. The van der Waals surface area contributed by atoms with Gasteiger partial charge in [-0.25, -0.2) is 14.5 Å². The average molecular weight is 588 g/mol. The molecule has 1 aromatic carbocycles. The number of ether oxygens (including phenoxy) is 1. The molecule has 3 aromatic rings. The summed E-state index contributed by atoms with van der Waals surface area (Å²) in [6.07, 6.45) is 9.96. The van der Waals surface area contributed by atoms with E-state index in [0.717, 1.165) is 73.1 Å². The largest absolute Gasteiger partial charge is 0.447 e. The summed E-state index contributed by atoms with van der Waals surface area (Å²) < 4.78 is 7.30. The van der Waals surface area contributed by atoms with Crippen LogP contribution in [0.2, 0.25) is 0 Å². The lowest BCUT2D eigenvalue weighted by molar-refractivity contribution is 0.128. The van der Waals surface area contributed by atoms with E-state index in [1.807, 2.05) is 28.7 Å². The Bertz CT molecular complexity index is 1510. The fourth-order valence-electron chi connectivity index (χ4n) is 5.52. The Morgan fingerprint density at radius 3 is 2.90 bits per heavy atom. The van der Waals surface area contributed by atoms with E-state index in [-0.39, 0.29) is 12.4 Å². The second kappa shape index (κ2) is 13.0. The molecule has 0 aliphatic carbocycles. The summed E-state index contributed by atoms with van der Waals surface area (Å²) in [6, 6.07) is 6.29. The minimum Gasteiger partial charge on any atom is -0.447 e. The Morgan fingerprint density at radius 1 is 1.17 bits per heavy atom. The molecule has 220 valence electrons. The van der Waals surface area contributed by atoms with Gasteiger partial charge in [0.15, 0.2) is 5.82 Å². The van der Waals surface area contributed by atoms with Crippen LogP contribution in [-0.2, 0) is 17.7 Å². The molecule has 5 heterocycles. The van der Waals surface area contributed by atoms with E-state index in [4.69, 9.17) is 15.5 Å². The predicted octanol–water partition coefficient (Wildman–Crippen LogP) is 5.20. The molecule has 0 spiro atoms. The molecule has 1 amide bonds. The molecule has 1 saturated heterocycles. The number of aliphatic imine (C=N–C) groups is 2. The minimum absolute atomic E-state index is 0.0432. The first kappa shape index (κ1) is 28.2. The van der Waals surface area contributed by atoms with Crippen LogP contribution in [0.3, 0.4) is 0 Å². The number of nitrogens with zero attached hydrogens (tertiary/aromatic N) is 6. The van der Waals surface area contributed by atoms with Gasteiger partial charge in [0.25, 0.3) is 0 Å². The van der Waals surface area contributed by atoms with Gasteiger partial charge in [-0.1, -0.05) is 13.3 Å². The van der Waals surface area contributed by atoms with Gasteiger partial charge in [-0.2, -0.15) is 10.1 Å². The zero-order valence-corrected chi connectivity index (χ0v) is 24.8. The van der Waals surface area contributed by atoms with Crippen LogP contribution >= 0.6 is 11.8 Å². The van der Waals surface area contributed by atoms with E-state index in [1.54, 1.807) is 12.4 Å². The van der Waals surface area contributed by atoms with Gasteiger partial charge in [0, 0.05) is 60.5 Å². The number of hydrogen-bond acceptors (Lipinski definition) is 9. The molecule has 42 heavy (non-hydrogen) atoms. The van der Waals surface area contributed by atoms with Crippen LogP contribution in [-0.4, -0.2) is 76.3 Å². The zero-order chi connectivity index (χ0) is 28.9. The molecule has 0 saturated carbocycles. The van der Waals surface area contributed by atoms with Crippen LogP contribution in [0.25, 0.3) is 11.3 Å². The van der Waals surface area contributed by atoms with Gasteiger partial charge in [-0.15, -0.1) is 11.8 Å². The number of nitrogens with one attached hydrogen (secondary N) is 2. The number of aromatic nitrogens is 3. The quantitative estimate of drug-likeness (QED) is 0.240. The average Bonchev–Trinajstić information content (AvgIpc) is 3.45. The van der Waals surface area contributed by atoms with Crippen LogP contribution in [0.5, 0.6) is 0 Å². The second-order valence-electron chi connectivity index (χ2n) is 10.6. The number of anilines is 3. The van der Waals surface area contributed by atoms with Crippen molar-refractivity contribution in [2.24, 2.45) is 15.7 Å². The maximum Gasteiger partial charge on any atom is 0.435 e. The Kier molecular flexibility index (Phi) is 8.71. The standard InChI is InChI=1S/C30H37N9O2S/c1-2-20-15-26-27(42-14-8-32-26)17-23(20)36-25-16-24(22-19-35-39-11-6-7-33-29(22)39)34-18-21(25)28(31)37-30(40)41-13-12-38-9-4-3-5-10-38/h7,15-19,32H,2-6,8-14H2,1H3,(H,34,36)(H2,31,37,40). The number of thioether (sulfide) groups is 1. The molecular formula is C30H37N9O2S. The van der Waals surface area contributed by atoms with Crippen molar-refractivity contribution in [2.75, 3.05) is 49.2 Å². The lowest BCUT2D eigenvalue weighted by Crippen LogP contribution is -2.33. The van der Waals surface area contributed by atoms with Crippen molar-refractivity contribution in [3.8, 4) is 11.3 Å². The predicted molar refractivity (Wildman–Crippen MR) is 169 cm³/mol. The van der Waals surface area contributed by atoms with E-state index in [9.17, 15) is 4.79 Å². The van der Waals surface area contributed by atoms with E-state index in [2.05, 4.69) is 49.7 Å². The SMILES string of the molecule is CCc1cc2c(cc1Nc1cc(-c3cnn4c3N=CCC4)ncc1/C(N)=N/C(=O)OCCN1CCCCC1)SCCN2. The normalized spacial score (nSPS) is 16.8. The van der Waals surface area contributed by atoms with Gasteiger partial charge in [0.1, 0.15) is 12.4 Å². The number of benzene rings is 1. The summed E-state index contributed by atoms with van der Waals surface area (Å²) in [5.74, 6) is 1.83. The maximum atomic E-state index is 12.6. The molecule has 2 aromatic heterocycles. The highest BCUT2D eigenvalue weighted by Gasteiger charge is 2.20. The summed E-state index contributed by atoms with van der Waals surface area (Å²) in [5, 5.41) is 11.6. The van der Waals surface area contributed by atoms with Crippen LogP contribution in [0.4, 0.5) is 27.7 Å². The maximum absolute atomic E-state index is 12.6. The minimum atomic E-state index is -0.704. The van der Waals surface area contributed by atoms with Gasteiger partial charge in [0.2, 0.25) is 0 Å². The fourth-order valence-corrected chi connectivity index (χ4v) is 6.43. The number of piperidine rings is 1. The molecule has 0 unspecified atom stereocenters. The summed E-state index contributed by atoms with van der Waals surface area (Å²) in [7, 11) is 0. The van der Waals surface area contributed by atoms with Gasteiger partial charge < -0.3 is 21.1 Å². The van der Waals surface area contributed by atoms with Crippen LogP contribution in [0.1, 0.15) is 43.7 Å². The summed E-state index contributed by atoms with van der Waals surface area (Å²) in [4.78, 5) is 29.5. The topological polar surface area (TPSA) is 135 Å². The molecule has 0 atom stereocenters. The number of pyridine rings is 1. The third kappa shape index (κ3) is 6.29. The number of carbonyl (C=O) groups is 1. The number of likely N-dealkylation sites (tertiary alicyclic amines) is 1. The summed E-state index contributed by atoms with van der Waals surface area (Å²) >= 11 is 1.83. The number of fused-ring (bicyclic) bond motifs is 2. The number of amidine groups is 1. The highest BCUT2D eigenvalue weighted by molar-refractivity contribution is 7.99.